The summed E-state index contributed by atoms with van der Waals surface area (Å²) in [5.41, 5.74) is 27.7. The molecule has 2 heterocycles. The average Bonchev–Trinajstić information content (AvgIpc) is 1.57. The van der Waals surface area contributed by atoms with E-state index in [-0.39, 0.29) is 21.7 Å². The smallest absolute Gasteiger partial charge is 0.198 e. The van der Waals surface area contributed by atoms with Gasteiger partial charge >= 0.3 is 0 Å². The fraction of sp³-hybridized carbons (Fsp3) is 0.200. The Morgan fingerprint density at radius 1 is 0.393 bits per heavy atom. The predicted octanol–water partition coefficient (Wildman–Crippen LogP) is 20.2. The third kappa shape index (κ3) is 8.54. The molecule has 1 aromatic heterocycles. The summed E-state index contributed by atoms with van der Waals surface area (Å²) in [5.74, 6) is 0. The van der Waals surface area contributed by atoms with Crippen LogP contribution in [0.3, 0.4) is 0 Å². The zero-order chi connectivity index (χ0) is 57.3. The van der Waals surface area contributed by atoms with Gasteiger partial charge in [-0.1, -0.05) is 200 Å². The van der Waals surface area contributed by atoms with Crippen LogP contribution in [0.2, 0.25) is 0 Å². The highest BCUT2D eigenvalue weighted by atomic mass is 15.1. The Morgan fingerprint density at radius 2 is 0.929 bits per heavy atom. The number of nitrogens with one attached hydrogen (secondary N) is 1. The second kappa shape index (κ2) is 19.4. The normalized spacial score (nSPS) is 15.9. The summed E-state index contributed by atoms with van der Waals surface area (Å²) in [7, 11) is 0.783. The molecule has 0 unspecified atom stereocenters. The third-order valence-electron chi connectivity index (χ3n) is 19.9. The standard InChI is InChI=1S/C80H72BN3/c1-77(2)39-40-78(3,4)66-46-57(34-36-65(66)77)82-70-37-35-60(83(58-28-17-11-18-29-58)59-30-19-12-20-31-59)47-63(70)64-48-62(56-44-54(51-23-13-9-14-24-51)43-55(45-56)52-25-15-10-16-26-52)74-73-61-32-22-21-27-53(61)33-38-71(73)84-72-50-68-67(49-69(72)81-75(64)76(74)84)79(5,6)41-42-80(68,7)8/h9-38,43-50,81-82H,39-42H2,1-8H3. The minimum absolute atomic E-state index is 0.0275. The van der Waals surface area contributed by atoms with Crippen molar-refractivity contribution in [2.75, 3.05) is 10.2 Å². The number of benzene rings is 11. The number of fused-ring (bicyclic) bond motifs is 9. The first-order valence-electron chi connectivity index (χ1n) is 30.5. The van der Waals surface area contributed by atoms with Crippen LogP contribution in [0, 0.1) is 0 Å². The number of nitrogens with zero attached hydrogens (tertiary/aromatic N) is 2. The SMILES string of the molecule is CC1(C)CCC(C)(C)c2cc(Nc3ccc(N(c4ccccc4)c4ccccc4)cc3-c3cc(-c4cc(-c5ccccc5)cc(-c5ccccc5)c4)c4c5c6ccccc6ccc5n5c4c3Bc3cc4c(cc3-5)C(C)(C)CCC4(C)C)ccc21. The van der Waals surface area contributed by atoms with Crippen molar-refractivity contribution >= 4 is 79.2 Å². The van der Waals surface area contributed by atoms with Gasteiger partial charge in [0.15, 0.2) is 7.28 Å². The molecule has 12 aromatic rings. The first-order chi connectivity index (χ1) is 40.6. The van der Waals surface area contributed by atoms with Gasteiger partial charge in [0.25, 0.3) is 0 Å². The van der Waals surface area contributed by atoms with E-state index in [9.17, 15) is 0 Å². The first kappa shape index (κ1) is 52.0. The maximum absolute atomic E-state index is 4.19. The molecule has 0 saturated carbocycles. The molecule has 3 aliphatic rings. The van der Waals surface area contributed by atoms with E-state index in [1.54, 1.807) is 0 Å². The van der Waals surface area contributed by atoms with Crippen molar-refractivity contribution in [3.05, 3.63) is 253 Å². The molecule has 0 spiro atoms. The third-order valence-corrected chi connectivity index (χ3v) is 19.9. The summed E-state index contributed by atoms with van der Waals surface area (Å²) in [6.07, 6.45) is 4.63. The molecule has 2 aliphatic carbocycles. The summed E-state index contributed by atoms with van der Waals surface area (Å²) in [6.45, 7) is 19.6. The first-order valence-corrected chi connectivity index (χ1v) is 30.5. The molecule has 0 atom stereocenters. The molecule has 15 rings (SSSR count). The zero-order valence-electron chi connectivity index (χ0n) is 49.9. The van der Waals surface area contributed by atoms with Crippen molar-refractivity contribution in [3.63, 3.8) is 0 Å². The topological polar surface area (TPSA) is 20.2 Å². The number of rotatable bonds is 9. The van der Waals surface area contributed by atoms with E-state index in [4.69, 9.17) is 0 Å². The van der Waals surface area contributed by atoms with Crippen LogP contribution in [0.4, 0.5) is 28.4 Å². The Bertz CT molecular complexity index is 4490. The van der Waals surface area contributed by atoms with Crippen LogP contribution in [0.25, 0.3) is 82.8 Å². The maximum Gasteiger partial charge on any atom is 0.198 e. The highest BCUT2D eigenvalue weighted by Gasteiger charge is 2.41. The molecule has 410 valence electrons. The van der Waals surface area contributed by atoms with E-state index in [1.165, 1.54) is 117 Å². The molecular weight excluding hydrogens is 1010 g/mol. The van der Waals surface area contributed by atoms with Gasteiger partial charge in [-0.2, -0.15) is 0 Å². The molecule has 1 N–H and O–H groups in total. The van der Waals surface area contributed by atoms with E-state index in [2.05, 4.69) is 301 Å². The van der Waals surface area contributed by atoms with Crippen molar-refractivity contribution in [2.24, 2.45) is 0 Å². The van der Waals surface area contributed by atoms with Gasteiger partial charge in [-0.05, 0) is 216 Å². The molecule has 0 bridgehead atoms. The van der Waals surface area contributed by atoms with Crippen LogP contribution < -0.4 is 21.1 Å². The largest absolute Gasteiger partial charge is 0.355 e. The fourth-order valence-electron chi connectivity index (χ4n) is 14.9. The van der Waals surface area contributed by atoms with Crippen LogP contribution in [0.5, 0.6) is 0 Å². The van der Waals surface area contributed by atoms with Gasteiger partial charge in [0.1, 0.15) is 0 Å². The summed E-state index contributed by atoms with van der Waals surface area (Å²) < 4.78 is 2.71. The number of anilines is 5. The lowest BCUT2D eigenvalue weighted by Gasteiger charge is -2.43. The van der Waals surface area contributed by atoms with Crippen LogP contribution in [-0.2, 0) is 21.7 Å². The van der Waals surface area contributed by atoms with Crippen LogP contribution in [-0.4, -0.2) is 11.8 Å². The monoisotopic (exact) mass is 1090 g/mol. The number of para-hydroxylation sites is 2. The summed E-state index contributed by atoms with van der Waals surface area (Å²) in [5, 5.41) is 9.30. The molecule has 11 aromatic carbocycles. The van der Waals surface area contributed by atoms with Crippen molar-refractivity contribution in [2.45, 2.75) is 103 Å². The lowest BCUT2D eigenvalue weighted by atomic mass is 9.55. The van der Waals surface area contributed by atoms with E-state index >= 15 is 0 Å². The number of hydrogen-bond acceptors (Lipinski definition) is 2. The molecule has 0 saturated heterocycles. The van der Waals surface area contributed by atoms with Crippen LogP contribution in [0.1, 0.15) is 103 Å². The molecule has 1 aliphatic heterocycles. The van der Waals surface area contributed by atoms with Gasteiger partial charge in [-0.25, -0.2) is 0 Å². The highest BCUT2D eigenvalue weighted by Crippen LogP contribution is 2.52. The predicted molar refractivity (Wildman–Crippen MR) is 361 cm³/mol. The molecule has 84 heavy (non-hydrogen) atoms. The fourth-order valence-corrected chi connectivity index (χ4v) is 14.9. The minimum atomic E-state index is 0.0275. The molecule has 4 heteroatoms. The average molecular weight is 1090 g/mol. The zero-order valence-corrected chi connectivity index (χ0v) is 49.9. The van der Waals surface area contributed by atoms with Gasteiger partial charge in [0, 0.05) is 56.0 Å². The van der Waals surface area contributed by atoms with Gasteiger partial charge in [-0.3, -0.25) is 0 Å². The summed E-state index contributed by atoms with van der Waals surface area (Å²) in [6, 6.07) is 87.2. The number of hydrogen-bond donors (Lipinski definition) is 1. The van der Waals surface area contributed by atoms with Crippen molar-refractivity contribution in [3.8, 4) is 50.2 Å². The quantitative estimate of drug-likeness (QED) is 0.145. The van der Waals surface area contributed by atoms with E-state index in [0.717, 1.165) is 60.5 Å². The molecule has 0 radical (unpaired) electrons. The van der Waals surface area contributed by atoms with Crippen LogP contribution >= 0.6 is 0 Å². The van der Waals surface area contributed by atoms with E-state index in [1.807, 2.05) is 0 Å². The Kier molecular flexibility index (Phi) is 12.0. The van der Waals surface area contributed by atoms with Crippen molar-refractivity contribution < 1.29 is 0 Å². The summed E-state index contributed by atoms with van der Waals surface area (Å²) in [4.78, 5) is 2.42. The van der Waals surface area contributed by atoms with Crippen molar-refractivity contribution in [1.29, 1.82) is 0 Å². The Morgan fingerprint density at radius 3 is 1.55 bits per heavy atom. The number of aromatic nitrogens is 1. The van der Waals surface area contributed by atoms with Gasteiger partial charge in [-0.15, -0.1) is 0 Å². The van der Waals surface area contributed by atoms with Gasteiger partial charge in [0.2, 0.25) is 0 Å². The van der Waals surface area contributed by atoms with Crippen molar-refractivity contribution in [1.82, 2.24) is 4.57 Å². The second-order valence-electron chi connectivity index (χ2n) is 27.1. The second-order valence-corrected chi connectivity index (χ2v) is 27.1. The molecule has 0 amide bonds. The Labute approximate surface area is 496 Å². The minimum Gasteiger partial charge on any atom is -0.355 e. The van der Waals surface area contributed by atoms with Gasteiger partial charge in [0.05, 0.1) is 5.52 Å². The maximum atomic E-state index is 4.19. The Balaban J connectivity index is 1.10. The highest BCUT2D eigenvalue weighted by molar-refractivity contribution is 6.74. The van der Waals surface area contributed by atoms with E-state index < -0.39 is 0 Å². The van der Waals surface area contributed by atoms with Crippen LogP contribution in [0.15, 0.2) is 231 Å². The molecule has 0 fully saturated rings. The van der Waals surface area contributed by atoms with E-state index in [0.29, 0.717) is 0 Å². The summed E-state index contributed by atoms with van der Waals surface area (Å²) >= 11 is 0. The Hall–Kier alpha value is -8.86. The van der Waals surface area contributed by atoms with Gasteiger partial charge < -0.3 is 14.8 Å². The molecular formula is C80H72BN3. The lowest BCUT2D eigenvalue weighted by molar-refractivity contribution is 0.332. The lowest BCUT2D eigenvalue weighted by Crippen LogP contribution is -2.41. The molecule has 3 nitrogen and oxygen atoms in total.